The summed E-state index contributed by atoms with van der Waals surface area (Å²) in [5.74, 6) is -0.738. The van der Waals surface area contributed by atoms with Gasteiger partial charge in [-0.1, -0.05) is 18.2 Å². The molecular formula is C25H29F3N4O4. The molecule has 0 saturated heterocycles. The van der Waals surface area contributed by atoms with E-state index in [0.29, 0.717) is 12.6 Å². The maximum Gasteiger partial charge on any atom is 0.490 e. The van der Waals surface area contributed by atoms with Gasteiger partial charge in [-0.05, 0) is 43.2 Å². The minimum absolute atomic E-state index is 0.0598. The Morgan fingerprint density at radius 3 is 2.67 bits per heavy atom. The Kier molecular flexibility index (Phi) is 8.57. The minimum Gasteiger partial charge on any atom is -0.488 e. The molecule has 0 aromatic carbocycles. The molecule has 0 saturated carbocycles. The molecule has 0 spiro atoms. The zero-order valence-corrected chi connectivity index (χ0v) is 20.2. The molecular weight excluding hydrogens is 477 g/mol. The molecule has 194 valence electrons. The summed E-state index contributed by atoms with van der Waals surface area (Å²) in [7, 11) is 1.80. The number of likely N-dealkylation sites (N-methyl/N-ethyl adjacent to an activating group) is 1. The molecule has 1 aromatic heterocycles. The topological polar surface area (TPSA) is 104 Å². The first kappa shape index (κ1) is 27.0. The van der Waals surface area contributed by atoms with Crippen LogP contribution in [0.4, 0.5) is 19.0 Å². The number of amides is 1. The summed E-state index contributed by atoms with van der Waals surface area (Å²) < 4.78 is 37.8. The Labute approximate surface area is 207 Å². The molecule has 0 radical (unpaired) electrons. The highest BCUT2D eigenvalue weighted by molar-refractivity contribution is 5.91. The molecule has 2 aliphatic heterocycles. The second-order valence-electron chi connectivity index (χ2n) is 8.75. The first-order valence-corrected chi connectivity index (χ1v) is 11.4. The third kappa shape index (κ3) is 6.97. The second-order valence-corrected chi connectivity index (χ2v) is 8.75. The van der Waals surface area contributed by atoms with E-state index in [1.165, 1.54) is 5.57 Å². The SMILES string of the molecule is CC1=C(CN(C)C(=O)C=Cc2cnc3c(c2)CN[C@@H](C)CN3)OC2C=CC=CC12.O=C(O)C(F)(F)F. The van der Waals surface area contributed by atoms with Crippen molar-refractivity contribution in [1.82, 2.24) is 15.2 Å². The van der Waals surface area contributed by atoms with Gasteiger partial charge in [0.05, 0.1) is 6.54 Å². The van der Waals surface area contributed by atoms with Crippen molar-refractivity contribution >= 4 is 23.8 Å². The lowest BCUT2D eigenvalue weighted by molar-refractivity contribution is -0.192. The average molecular weight is 507 g/mol. The number of hydrogen-bond acceptors (Lipinski definition) is 6. The Bertz CT molecular complexity index is 1110. The summed E-state index contributed by atoms with van der Waals surface area (Å²) in [4.78, 5) is 27.7. The molecule has 3 atom stereocenters. The number of rotatable bonds is 4. The zero-order valence-electron chi connectivity index (χ0n) is 20.2. The van der Waals surface area contributed by atoms with Crippen LogP contribution in [0.3, 0.4) is 0 Å². The summed E-state index contributed by atoms with van der Waals surface area (Å²) in [5.41, 5.74) is 3.22. The maximum absolute atomic E-state index is 12.6. The van der Waals surface area contributed by atoms with E-state index in [1.54, 1.807) is 24.2 Å². The second kappa shape index (κ2) is 11.4. The van der Waals surface area contributed by atoms with E-state index in [9.17, 15) is 18.0 Å². The largest absolute Gasteiger partial charge is 0.490 e. The van der Waals surface area contributed by atoms with Gasteiger partial charge in [-0.25, -0.2) is 9.78 Å². The van der Waals surface area contributed by atoms with Crippen molar-refractivity contribution in [1.29, 1.82) is 0 Å². The van der Waals surface area contributed by atoms with Crippen LogP contribution in [0.15, 0.2) is 54.0 Å². The van der Waals surface area contributed by atoms with E-state index in [2.05, 4.69) is 53.8 Å². The van der Waals surface area contributed by atoms with Gasteiger partial charge in [-0.15, -0.1) is 0 Å². The van der Waals surface area contributed by atoms with Crippen LogP contribution >= 0.6 is 0 Å². The number of pyridine rings is 1. The van der Waals surface area contributed by atoms with Crippen LogP contribution in [-0.2, 0) is 20.9 Å². The van der Waals surface area contributed by atoms with E-state index < -0.39 is 12.1 Å². The van der Waals surface area contributed by atoms with Gasteiger partial charge in [0.1, 0.15) is 17.7 Å². The highest BCUT2D eigenvalue weighted by Crippen LogP contribution is 2.34. The number of halogens is 3. The fraction of sp³-hybridized carbons (Fsp3) is 0.400. The third-order valence-corrected chi connectivity index (χ3v) is 5.92. The molecule has 8 nitrogen and oxygen atoms in total. The fourth-order valence-electron chi connectivity index (χ4n) is 3.80. The summed E-state index contributed by atoms with van der Waals surface area (Å²) in [5, 5.41) is 13.9. The fourth-order valence-corrected chi connectivity index (χ4v) is 3.80. The van der Waals surface area contributed by atoms with Gasteiger partial charge < -0.3 is 25.4 Å². The molecule has 0 bridgehead atoms. The van der Waals surface area contributed by atoms with Crippen molar-refractivity contribution in [2.45, 2.75) is 38.7 Å². The van der Waals surface area contributed by atoms with Crippen LogP contribution < -0.4 is 10.6 Å². The van der Waals surface area contributed by atoms with Gasteiger partial charge in [0.15, 0.2) is 0 Å². The quantitative estimate of drug-likeness (QED) is 0.537. The summed E-state index contributed by atoms with van der Waals surface area (Å²) in [6.45, 7) is 6.31. The lowest BCUT2D eigenvalue weighted by atomic mass is 9.92. The first-order valence-electron chi connectivity index (χ1n) is 11.4. The lowest BCUT2D eigenvalue weighted by Crippen LogP contribution is -2.29. The minimum atomic E-state index is -5.08. The smallest absolute Gasteiger partial charge is 0.488 e. The van der Waals surface area contributed by atoms with Crippen molar-refractivity contribution in [3.63, 3.8) is 0 Å². The normalized spacial score (nSPS) is 22.6. The average Bonchev–Trinajstić information content (AvgIpc) is 3.02. The number of nitrogens with one attached hydrogen (secondary N) is 2. The van der Waals surface area contributed by atoms with Crippen LogP contribution in [0.2, 0.25) is 0 Å². The molecule has 36 heavy (non-hydrogen) atoms. The van der Waals surface area contributed by atoms with E-state index in [-0.39, 0.29) is 17.9 Å². The van der Waals surface area contributed by atoms with Crippen molar-refractivity contribution in [2.24, 2.45) is 5.92 Å². The lowest BCUT2D eigenvalue weighted by Gasteiger charge is -2.18. The maximum atomic E-state index is 12.6. The summed E-state index contributed by atoms with van der Waals surface area (Å²) >= 11 is 0. The number of fused-ring (bicyclic) bond motifs is 2. The molecule has 11 heteroatoms. The third-order valence-electron chi connectivity index (χ3n) is 5.92. The number of anilines is 1. The van der Waals surface area contributed by atoms with Crippen molar-refractivity contribution in [3.05, 3.63) is 65.1 Å². The van der Waals surface area contributed by atoms with Crippen LogP contribution in [0.5, 0.6) is 0 Å². The molecule has 4 rings (SSSR count). The molecule has 2 unspecified atom stereocenters. The van der Waals surface area contributed by atoms with E-state index >= 15 is 0 Å². The number of carboxylic acid groups (broad SMARTS) is 1. The number of carboxylic acids is 1. The van der Waals surface area contributed by atoms with Gasteiger partial charge in [0.25, 0.3) is 0 Å². The van der Waals surface area contributed by atoms with E-state index in [1.807, 2.05) is 12.2 Å². The molecule has 1 aromatic rings. The number of ether oxygens (including phenoxy) is 1. The highest BCUT2D eigenvalue weighted by atomic mass is 19.4. The van der Waals surface area contributed by atoms with Gasteiger partial charge in [0, 0.05) is 49.9 Å². The number of aliphatic carboxylic acids is 1. The van der Waals surface area contributed by atoms with Crippen molar-refractivity contribution in [2.75, 3.05) is 25.5 Å². The number of hydrogen-bond donors (Lipinski definition) is 3. The predicted molar refractivity (Wildman–Crippen MR) is 129 cm³/mol. The summed E-state index contributed by atoms with van der Waals surface area (Å²) in [6, 6.07) is 2.46. The number of carbonyl (C=O) groups is 2. The number of alkyl halides is 3. The standard InChI is InChI=1S/C23H28N4O2.C2HF3O2/c1-15-11-25-23-18(13-24-15)10-17(12-26-23)8-9-22(28)27(3)14-21-16(2)19-6-4-5-7-20(19)29-21;3-2(4,5)1(6)7/h4-10,12,15,19-20,24H,11,13-14H2,1-3H3,(H,25,26);(H,6,7)/t15-,19?,20?;/m0./s1. The van der Waals surface area contributed by atoms with Crippen molar-refractivity contribution in [3.8, 4) is 0 Å². The van der Waals surface area contributed by atoms with Crippen LogP contribution in [-0.4, -0.2) is 65.3 Å². The van der Waals surface area contributed by atoms with Crippen LogP contribution in [0.1, 0.15) is 25.0 Å². The van der Waals surface area contributed by atoms with Gasteiger partial charge in [-0.3, -0.25) is 4.79 Å². The number of aromatic nitrogens is 1. The first-order chi connectivity index (χ1) is 17.0. The Morgan fingerprint density at radius 2 is 2.00 bits per heavy atom. The van der Waals surface area contributed by atoms with Crippen LogP contribution in [0.25, 0.3) is 6.08 Å². The molecule has 3 aliphatic rings. The molecule has 3 N–H and O–H groups in total. The Balaban J connectivity index is 0.000000454. The van der Waals surface area contributed by atoms with Crippen LogP contribution in [0, 0.1) is 5.92 Å². The Hall–Kier alpha value is -3.60. The molecule has 1 aliphatic carbocycles. The van der Waals surface area contributed by atoms with E-state index in [4.69, 9.17) is 14.6 Å². The van der Waals surface area contributed by atoms with Gasteiger partial charge >= 0.3 is 12.1 Å². The molecule has 0 fully saturated rings. The van der Waals surface area contributed by atoms with Gasteiger partial charge in [0.2, 0.25) is 5.91 Å². The molecule has 1 amide bonds. The zero-order chi connectivity index (χ0) is 26.5. The number of nitrogens with zero attached hydrogens (tertiary/aromatic N) is 2. The number of carbonyl (C=O) groups excluding carboxylic acids is 1. The summed E-state index contributed by atoms with van der Waals surface area (Å²) in [6.07, 6.45) is 8.48. The Morgan fingerprint density at radius 1 is 1.31 bits per heavy atom. The van der Waals surface area contributed by atoms with Gasteiger partial charge in [-0.2, -0.15) is 13.2 Å². The van der Waals surface area contributed by atoms with E-state index in [0.717, 1.165) is 35.8 Å². The monoisotopic (exact) mass is 506 g/mol. The van der Waals surface area contributed by atoms with Crippen molar-refractivity contribution < 1.29 is 32.6 Å². The predicted octanol–water partition coefficient (Wildman–Crippen LogP) is 3.51. The molecule has 3 heterocycles. The number of allylic oxidation sites excluding steroid dienone is 2. The highest BCUT2D eigenvalue weighted by Gasteiger charge is 2.38.